The smallest absolute Gasteiger partial charge is 0.408 e. The highest BCUT2D eigenvalue weighted by Gasteiger charge is 2.12. The number of nitrogens with one attached hydrogen (secondary N) is 3. The zero-order valence-electron chi connectivity index (χ0n) is 15.4. The molecular formula is C19H23N7O2. The van der Waals surface area contributed by atoms with E-state index in [-0.39, 0.29) is 0 Å². The Bertz CT molecular complexity index is 949. The normalized spacial score (nSPS) is 14.9. The number of imidazole rings is 1. The molecule has 0 aliphatic carbocycles. The Balaban J connectivity index is 1.42. The van der Waals surface area contributed by atoms with Crippen molar-refractivity contribution in [2.24, 2.45) is 5.73 Å². The van der Waals surface area contributed by atoms with Crippen molar-refractivity contribution in [2.75, 3.05) is 44.6 Å². The van der Waals surface area contributed by atoms with Crippen LogP contribution >= 0.6 is 0 Å². The number of amides is 1. The molecule has 2 aromatic heterocycles. The lowest BCUT2D eigenvalue weighted by molar-refractivity contribution is 0.211. The number of nitrogens with two attached hydrogens (primary N) is 1. The number of H-pyrrole nitrogens is 1. The number of fused-ring (bicyclic) bond motifs is 1. The minimum atomic E-state index is -0.866. The summed E-state index contributed by atoms with van der Waals surface area (Å²) in [7, 11) is 0. The SMILES string of the molecule is NC(=O)Oc1cccc2[nH]c(-c3ccc(NCCN4CCNCC4)nc3)nc12. The molecule has 4 rings (SSSR count). The summed E-state index contributed by atoms with van der Waals surface area (Å²) in [5, 5.41) is 6.71. The van der Waals surface area contributed by atoms with E-state index in [2.05, 4.69) is 30.5 Å². The van der Waals surface area contributed by atoms with Crippen LogP contribution in [0.25, 0.3) is 22.4 Å². The number of anilines is 1. The first-order chi connectivity index (χ1) is 13.7. The van der Waals surface area contributed by atoms with E-state index in [1.165, 1.54) is 0 Å². The van der Waals surface area contributed by atoms with E-state index in [0.717, 1.165) is 56.2 Å². The van der Waals surface area contributed by atoms with Gasteiger partial charge in [-0.25, -0.2) is 14.8 Å². The molecule has 1 aliphatic heterocycles. The molecule has 0 radical (unpaired) electrons. The number of pyridine rings is 1. The molecule has 28 heavy (non-hydrogen) atoms. The van der Waals surface area contributed by atoms with E-state index in [0.29, 0.717) is 17.1 Å². The number of carbonyl (C=O) groups is 1. The van der Waals surface area contributed by atoms with Crippen LogP contribution in [0.4, 0.5) is 10.6 Å². The number of nitrogens with zero attached hydrogens (tertiary/aromatic N) is 3. The van der Waals surface area contributed by atoms with Crippen LogP contribution in [0.1, 0.15) is 0 Å². The van der Waals surface area contributed by atoms with Crippen LogP contribution < -0.4 is 21.1 Å². The zero-order chi connectivity index (χ0) is 19.3. The number of aromatic amines is 1. The number of benzene rings is 1. The van der Waals surface area contributed by atoms with E-state index in [9.17, 15) is 4.79 Å². The van der Waals surface area contributed by atoms with Gasteiger partial charge in [0.25, 0.3) is 0 Å². The molecule has 0 unspecified atom stereocenters. The van der Waals surface area contributed by atoms with Crippen molar-refractivity contribution >= 4 is 22.9 Å². The molecule has 0 atom stereocenters. The van der Waals surface area contributed by atoms with Gasteiger partial charge < -0.3 is 26.1 Å². The molecule has 9 heteroatoms. The highest BCUT2D eigenvalue weighted by atomic mass is 16.5. The number of ether oxygens (including phenoxy) is 1. The zero-order valence-corrected chi connectivity index (χ0v) is 15.4. The number of aromatic nitrogens is 3. The minimum absolute atomic E-state index is 0.326. The minimum Gasteiger partial charge on any atom is -0.408 e. The van der Waals surface area contributed by atoms with Crippen molar-refractivity contribution < 1.29 is 9.53 Å². The van der Waals surface area contributed by atoms with Crippen molar-refractivity contribution in [1.82, 2.24) is 25.2 Å². The third-order valence-corrected chi connectivity index (χ3v) is 4.67. The Kier molecular flexibility index (Phi) is 5.36. The fourth-order valence-electron chi connectivity index (χ4n) is 3.25. The Morgan fingerprint density at radius 3 is 2.86 bits per heavy atom. The van der Waals surface area contributed by atoms with Gasteiger partial charge >= 0.3 is 6.09 Å². The summed E-state index contributed by atoms with van der Waals surface area (Å²) >= 11 is 0. The monoisotopic (exact) mass is 381 g/mol. The number of hydrogen-bond acceptors (Lipinski definition) is 7. The predicted molar refractivity (Wildman–Crippen MR) is 107 cm³/mol. The lowest BCUT2D eigenvalue weighted by Crippen LogP contribution is -2.45. The van der Waals surface area contributed by atoms with E-state index < -0.39 is 6.09 Å². The highest BCUT2D eigenvalue weighted by Crippen LogP contribution is 2.27. The summed E-state index contributed by atoms with van der Waals surface area (Å²) < 4.78 is 5.01. The molecule has 3 heterocycles. The molecule has 0 spiro atoms. The van der Waals surface area contributed by atoms with Gasteiger partial charge in [0, 0.05) is 51.0 Å². The van der Waals surface area contributed by atoms with Gasteiger partial charge in [-0.15, -0.1) is 0 Å². The van der Waals surface area contributed by atoms with E-state index in [1.807, 2.05) is 18.2 Å². The van der Waals surface area contributed by atoms with Crippen LogP contribution in [0, 0.1) is 0 Å². The van der Waals surface area contributed by atoms with E-state index in [1.54, 1.807) is 18.3 Å². The van der Waals surface area contributed by atoms with Crippen molar-refractivity contribution in [3.05, 3.63) is 36.5 Å². The van der Waals surface area contributed by atoms with Crippen LogP contribution in [0.15, 0.2) is 36.5 Å². The molecule has 0 bridgehead atoms. The maximum absolute atomic E-state index is 11.1. The lowest BCUT2D eigenvalue weighted by atomic mass is 10.2. The number of hydrogen-bond donors (Lipinski definition) is 4. The maximum Gasteiger partial charge on any atom is 0.410 e. The van der Waals surface area contributed by atoms with Crippen LogP contribution in [-0.4, -0.2) is 65.2 Å². The topological polar surface area (TPSA) is 121 Å². The summed E-state index contributed by atoms with van der Waals surface area (Å²) in [6.45, 7) is 6.12. The van der Waals surface area contributed by atoms with E-state index in [4.69, 9.17) is 10.5 Å². The number of rotatable bonds is 6. The summed E-state index contributed by atoms with van der Waals surface area (Å²) in [4.78, 5) is 25.7. The number of primary amides is 1. The maximum atomic E-state index is 11.1. The van der Waals surface area contributed by atoms with Crippen molar-refractivity contribution in [3.8, 4) is 17.1 Å². The van der Waals surface area contributed by atoms with Crippen molar-refractivity contribution in [2.45, 2.75) is 0 Å². The van der Waals surface area contributed by atoms with Gasteiger partial charge in [0.1, 0.15) is 17.2 Å². The second kappa shape index (κ2) is 8.24. The summed E-state index contributed by atoms with van der Waals surface area (Å²) in [5.41, 5.74) is 7.26. The fraction of sp³-hybridized carbons (Fsp3) is 0.316. The van der Waals surface area contributed by atoms with Gasteiger partial charge in [0.15, 0.2) is 5.75 Å². The third-order valence-electron chi connectivity index (χ3n) is 4.67. The Hall–Kier alpha value is -3.17. The van der Waals surface area contributed by atoms with Gasteiger partial charge in [0.2, 0.25) is 0 Å². The van der Waals surface area contributed by atoms with Gasteiger partial charge in [-0.3, -0.25) is 4.90 Å². The summed E-state index contributed by atoms with van der Waals surface area (Å²) in [6, 6.07) is 9.17. The van der Waals surface area contributed by atoms with Crippen LogP contribution in [0.5, 0.6) is 5.75 Å². The Morgan fingerprint density at radius 1 is 1.25 bits per heavy atom. The second-order valence-corrected chi connectivity index (χ2v) is 6.61. The molecule has 146 valence electrons. The second-order valence-electron chi connectivity index (χ2n) is 6.61. The first-order valence-corrected chi connectivity index (χ1v) is 9.28. The van der Waals surface area contributed by atoms with Crippen LogP contribution in [0.3, 0.4) is 0 Å². The van der Waals surface area contributed by atoms with Gasteiger partial charge in [-0.1, -0.05) is 6.07 Å². The molecule has 1 aromatic carbocycles. The predicted octanol–water partition coefficient (Wildman–Crippen LogP) is 1.40. The van der Waals surface area contributed by atoms with Gasteiger partial charge in [0.05, 0.1) is 5.52 Å². The molecule has 0 saturated carbocycles. The molecular weight excluding hydrogens is 358 g/mol. The molecule has 9 nitrogen and oxygen atoms in total. The van der Waals surface area contributed by atoms with Crippen LogP contribution in [-0.2, 0) is 0 Å². The number of para-hydroxylation sites is 1. The average molecular weight is 381 g/mol. The Morgan fingerprint density at radius 2 is 2.11 bits per heavy atom. The largest absolute Gasteiger partial charge is 0.410 e. The molecule has 3 aromatic rings. The van der Waals surface area contributed by atoms with Crippen molar-refractivity contribution in [1.29, 1.82) is 0 Å². The lowest BCUT2D eigenvalue weighted by Gasteiger charge is -2.27. The average Bonchev–Trinajstić information content (AvgIpc) is 3.14. The molecule has 1 aliphatic rings. The summed E-state index contributed by atoms with van der Waals surface area (Å²) in [5.74, 6) is 1.80. The molecule has 5 N–H and O–H groups in total. The Labute approximate surface area is 162 Å². The van der Waals surface area contributed by atoms with Gasteiger partial charge in [-0.05, 0) is 24.3 Å². The summed E-state index contributed by atoms with van der Waals surface area (Å²) in [6.07, 6.45) is 0.898. The molecule has 1 amide bonds. The van der Waals surface area contributed by atoms with Crippen molar-refractivity contribution in [3.63, 3.8) is 0 Å². The third kappa shape index (κ3) is 4.21. The molecule has 1 fully saturated rings. The first-order valence-electron chi connectivity index (χ1n) is 9.28. The first kappa shape index (κ1) is 18.2. The number of carbonyl (C=O) groups excluding carboxylic acids is 1. The standard InChI is InChI=1S/C19H23N7O2/c20-19(27)28-15-3-1-2-14-17(15)25-18(24-14)13-4-5-16(23-12-13)22-8-11-26-9-6-21-7-10-26/h1-5,12,21H,6-11H2,(H2,20,27)(H,22,23)(H,24,25). The van der Waals surface area contributed by atoms with Gasteiger partial charge in [-0.2, -0.15) is 0 Å². The fourth-order valence-corrected chi connectivity index (χ4v) is 3.25. The van der Waals surface area contributed by atoms with Crippen LogP contribution in [0.2, 0.25) is 0 Å². The highest BCUT2D eigenvalue weighted by molar-refractivity contribution is 5.87. The molecule has 1 saturated heterocycles. The number of piperazine rings is 1. The quantitative estimate of drug-likeness (QED) is 0.509. The van der Waals surface area contributed by atoms with E-state index >= 15 is 0 Å².